The predicted molar refractivity (Wildman–Crippen MR) is 141 cm³/mol. The van der Waals surface area contributed by atoms with E-state index in [1.54, 1.807) is 37.6 Å². The number of benzene rings is 2. The quantitative estimate of drug-likeness (QED) is 0.389. The minimum atomic E-state index is -3.60. The van der Waals surface area contributed by atoms with Crippen LogP contribution in [0, 0.1) is 0 Å². The highest BCUT2D eigenvalue weighted by atomic mass is 32.2. The molecule has 9 nitrogen and oxygen atoms in total. The highest BCUT2D eigenvalue weighted by Crippen LogP contribution is 2.18. The number of ether oxygens (including phenoxy) is 1. The molecule has 0 fully saturated rings. The van der Waals surface area contributed by atoms with Gasteiger partial charge in [-0.15, -0.1) is 0 Å². The second kappa shape index (κ2) is 13.0. The molecule has 2 amide bonds. The first kappa shape index (κ1) is 27.8. The van der Waals surface area contributed by atoms with Gasteiger partial charge in [0.1, 0.15) is 11.8 Å². The summed E-state index contributed by atoms with van der Waals surface area (Å²) in [5, 5.41) is 2.90. The van der Waals surface area contributed by atoms with Crippen molar-refractivity contribution in [1.82, 2.24) is 19.5 Å². The second-order valence-corrected chi connectivity index (χ2v) is 10.7. The average molecular weight is 525 g/mol. The Hall–Kier alpha value is -3.76. The van der Waals surface area contributed by atoms with Gasteiger partial charge in [-0.2, -0.15) is 4.31 Å². The van der Waals surface area contributed by atoms with Crippen LogP contribution in [0.3, 0.4) is 0 Å². The molecule has 0 saturated heterocycles. The minimum absolute atomic E-state index is 0.106. The van der Waals surface area contributed by atoms with E-state index in [4.69, 9.17) is 4.74 Å². The van der Waals surface area contributed by atoms with Crippen LogP contribution >= 0.6 is 0 Å². The Morgan fingerprint density at radius 2 is 1.65 bits per heavy atom. The first-order valence-corrected chi connectivity index (χ1v) is 13.6. The first-order valence-electron chi connectivity index (χ1n) is 11.7. The van der Waals surface area contributed by atoms with Gasteiger partial charge in [0.2, 0.25) is 21.8 Å². The third-order valence-corrected chi connectivity index (χ3v) is 7.14. The Balaban J connectivity index is 1.94. The lowest BCUT2D eigenvalue weighted by Crippen LogP contribution is -2.52. The summed E-state index contributed by atoms with van der Waals surface area (Å²) in [5.41, 5.74) is 2.32. The van der Waals surface area contributed by atoms with E-state index in [1.165, 1.54) is 11.9 Å². The molecule has 196 valence electrons. The summed E-state index contributed by atoms with van der Waals surface area (Å²) >= 11 is 0. The Bertz CT molecular complexity index is 1270. The molecular formula is C27H32N4O5S. The molecular weight excluding hydrogens is 492 g/mol. The van der Waals surface area contributed by atoms with Crippen molar-refractivity contribution in [1.29, 1.82) is 0 Å². The van der Waals surface area contributed by atoms with Crippen molar-refractivity contribution < 1.29 is 22.7 Å². The predicted octanol–water partition coefficient (Wildman–Crippen LogP) is 2.24. The van der Waals surface area contributed by atoms with Gasteiger partial charge >= 0.3 is 0 Å². The average Bonchev–Trinajstić information content (AvgIpc) is 2.90. The number of hydrogen-bond acceptors (Lipinski definition) is 6. The molecule has 10 heteroatoms. The lowest BCUT2D eigenvalue weighted by Gasteiger charge is -2.32. The first-order chi connectivity index (χ1) is 17.7. The van der Waals surface area contributed by atoms with Crippen molar-refractivity contribution in [2.75, 3.05) is 27.0 Å². The maximum absolute atomic E-state index is 13.6. The van der Waals surface area contributed by atoms with Crippen LogP contribution in [0.5, 0.6) is 5.75 Å². The van der Waals surface area contributed by atoms with E-state index >= 15 is 0 Å². The van der Waals surface area contributed by atoms with Crippen molar-refractivity contribution >= 4 is 21.8 Å². The summed E-state index contributed by atoms with van der Waals surface area (Å²) < 4.78 is 30.3. The molecule has 1 heterocycles. The Morgan fingerprint density at radius 1 is 0.973 bits per heavy atom. The summed E-state index contributed by atoms with van der Waals surface area (Å²) in [7, 11) is -0.701. The number of pyridine rings is 1. The molecule has 1 N–H and O–H groups in total. The lowest BCUT2D eigenvalue weighted by atomic mass is 10.0. The van der Waals surface area contributed by atoms with Gasteiger partial charge in [0.15, 0.2) is 0 Å². The summed E-state index contributed by atoms with van der Waals surface area (Å²) in [5.74, 6) is -0.191. The molecule has 1 aromatic heterocycles. The van der Waals surface area contributed by atoms with Crippen molar-refractivity contribution in [2.45, 2.75) is 25.6 Å². The zero-order chi connectivity index (χ0) is 26.8. The largest absolute Gasteiger partial charge is 0.497 e. The summed E-state index contributed by atoms with van der Waals surface area (Å²) in [4.78, 5) is 32.8. The van der Waals surface area contributed by atoms with Gasteiger partial charge in [0.05, 0.1) is 32.1 Å². The van der Waals surface area contributed by atoms with Crippen LogP contribution in [0.15, 0.2) is 79.0 Å². The van der Waals surface area contributed by atoms with E-state index in [1.807, 2.05) is 48.5 Å². The topological polar surface area (TPSA) is 109 Å². The van der Waals surface area contributed by atoms with Crippen LogP contribution in [0.2, 0.25) is 0 Å². The van der Waals surface area contributed by atoms with E-state index < -0.39 is 28.5 Å². The number of likely N-dealkylation sites (N-methyl/N-ethyl adjacent to an activating group) is 1. The van der Waals surface area contributed by atoms with Gasteiger partial charge < -0.3 is 15.0 Å². The zero-order valence-corrected chi connectivity index (χ0v) is 22.0. The summed E-state index contributed by atoms with van der Waals surface area (Å²) in [6, 6.07) is 21.1. The van der Waals surface area contributed by atoms with Gasteiger partial charge in [-0.05, 0) is 35.4 Å². The molecule has 0 unspecified atom stereocenters. The van der Waals surface area contributed by atoms with E-state index in [9.17, 15) is 18.0 Å². The molecule has 3 rings (SSSR count). The summed E-state index contributed by atoms with van der Waals surface area (Å²) in [6.07, 6.45) is 2.93. The number of rotatable bonds is 12. The monoisotopic (exact) mass is 524 g/mol. The summed E-state index contributed by atoms with van der Waals surface area (Å²) in [6.45, 7) is -0.0957. The number of aromatic nitrogens is 1. The van der Waals surface area contributed by atoms with Crippen molar-refractivity contribution in [2.24, 2.45) is 0 Å². The molecule has 1 atom stereocenters. The number of methoxy groups -OCH3 is 1. The smallest absolute Gasteiger partial charge is 0.243 e. The molecule has 0 radical (unpaired) electrons. The Morgan fingerprint density at radius 3 is 2.24 bits per heavy atom. The molecule has 3 aromatic rings. The maximum atomic E-state index is 13.6. The third-order valence-electron chi connectivity index (χ3n) is 5.88. The number of sulfonamides is 1. The molecule has 0 saturated carbocycles. The van der Waals surface area contributed by atoms with Crippen molar-refractivity contribution in [3.8, 4) is 5.75 Å². The SMILES string of the molecule is COc1ccc(CN(C(=O)CN(C)S(C)(=O)=O)[C@H](Cc2ccccc2)C(=O)NCc2ccccn2)cc1. The Kier molecular flexibility index (Phi) is 9.76. The maximum Gasteiger partial charge on any atom is 0.243 e. The van der Waals surface area contributed by atoms with Gasteiger partial charge in [-0.25, -0.2) is 8.42 Å². The van der Waals surface area contributed by atoms with E-state index in [0.29, 0.717) is 11.4 Å². The van der Waals surface area contributed by atoms with E-state index in [0.717, 1.165) is 21.7 Å². The van der Waals surface area contributed by atoms with Crippen LogP contribution < -0.4 is 10.1 Å². The number of carbonyl (C=O) groups is 2. The third kappa shape index (κ3) is 8.40. The van der Waals surface area contributed by atoms with Crippen LogP contribution in [0.1, 0.15) is 16.8 Å². The van der Waals surface area contributed by atoms with Crippen LogP contribution in [-0.4, -0.2) is 67.4 Å². The fraction of sp³-hybridized carbons (Fsp3) is 0.296. The fourth-order valence-electron chi connectivity index (χ4n) is 3.68. The highest BCUT2D eigenvalue weighted by Gasteiger charge is 2.32. The second-order valence-electron chi connectivity index (χ2n) is 8.63. The standard InChI is InChI=1S/C27H32N4O5S/c1-30(37(3,34)35)20-26(32)31(19-22-12-14-24(36-2)15-13-22)25(17-21-9-5-4-6-10-21)27(33)29-18-23-11-7-8-16-28-23/h4-16,25H,17-20H2,1-3H3,(H,29,33)/t25-/m1/s1. The van der Waals surface area contributed by atoms with Crippen LogP contribution in [0.25, 0.3) is 0 Å². The molecule has 0 aliphatic heterocycles. The van der Waals surface area contributed by atoms with Gasteiger partial charge in [-0.3, -0.25) is 14.6 Å². The number of nitrogens with zero attached hydrogens (tertiary/aromatic N) is 3. The van der Waals surface area contributed by atoms with Gasteiger partial charge in [0, 0.05) is 26.2 Å². The molecule has 0 aliphatic carbocycles. The van der Waals surface area contributed by atoms with Crippen LogP contribution in [-0.2, 0) is 39.1 Å². The number of nitrogens with one attached hydrogen (secondary N) is 1. The van der Waals surface area contributed by atoms with Gasteiger partial charge in [-0.1, -0.05) is 48.5 Å². The zero-order valence-electron chi connectivity index (χ0n) is 21.2. The number of hydrogen-bond donors (Lipinski definition) is 1. The van der Waals surface area contributed by atoms with Crippen LogP contribution in [0.4, 0.5) is 0 Å². The lowest BCUT2D eigenvalue weighted by molar-refractivity contribution is -0.141. The van der Waals surface area contributed by atoms with E-state index in [2.05, 4.69) is 10.3 Å². The molecule has 0 aliphatic rings. The molecule has 0 spiro atoms. The number of amides is 2. The van der Waals surface area contributed by atoms with Crippen molar-refractivity contribution in [3.05, 3.63) is 95.8 Å². The minimum Gasteiger partial charge on any atom is -0.497 e. The highest BCUT2D eigenvalue weighted by molar-refractivity contribution is 7.88. The molecule has 0 bridgehead atoms. The van der Waals surface area contributed by atoms with Gasteiger partial charge in [0.25, 0.3) is 0 Å². The van der Waals surface area contributed by atoms with Crippen molar-refractivity contribution in [3.63, 3.8) is 0 Å². The number of carbonyl (C=O) groups excluding carboxylic acids is 2. The van der Waals surface area contributed by atoms with E-state index in [-0.39, 0.29) is 25.4 Å². The fourth-order valence-corrected chi connectivity index (χ4v) is 4.02. The Labute approximate surface area is 218 Å². The molecule has 37 heavy (non-hydrogen) atoms. The molecule has 2 aromatic carbocycles. The normalized spacial score (nSPS) is 12.1.